The van der Waals surface area contributed by atoms with Gasteiger partial charge in [-0.1, -0.05) is 74.5 Å². The van der Waals surface area contributed by atoms with Gasteiger partial charge in [-0.15, -0.1) is 0 Å². The van der Waals surface area contributed by atoms with E-state index in [0.29, 0.717) is 5.56 Å². The Morgan fingerprint density at radius 1 is 0.774 bits per heavy atom. The minimum absolute atomic E-state index is 0.238. The zero-order valence-corrected chi connectivity index (χ0v) is 18.1. The van der Waals surface area contributed by atoms with Crippen LogP contribution in [0.2, 0.25) is 0 Å². The maximum atomic E-state index is 11.2. The number of hydrogen-bond donors (Lipinski definition) is 1. The SMILES string of the molecule is CC.Cc1cccn1/N=C/c1cccc(-c2c3ccccc3cc3ccccc23)c1O. The van der Waals surface area contributed by atoms with Gasteiger partial charge in [0.1, 0.15) is 5.75 Å². The van der Waals surface area contributed by atoms with Crippen LogP contribution in [0.15, 0.2) is 96.2 Å². The van der Waals surface area contributed by atoms with Crippen LogP contribution in [0.5, 0.6) is 5.75 Å². The van der Waals surface area contributed by atoms with Crippen LogP contribution < -0.4 is 0 Å². The standard InChI is InChI=1S/C26H20N2O.C2H6/c1-18-8-7-15-28(18)27-17-21-11-6-14-24(26(21)29)25-22-12-4-2-9-19(22)16-20-10-3-5-13-23(20)25;1-2/h2-17,29H,1H3;1-2H3/b27-17+;. The summed E-state index contributed by atoms with van der Waals surface area (Å²) in [5.74, 6) is 0.238. The van der Waals surface area contributed by atoms with Crippen molar-refractivity contribution in [1.82, 2.24) is 4.68 Å². The monoisotopic (exact) mass is 406 g/mol. The molecule has 0 spiro atoms. The van der Waals surface area contributed by atoms with E-state index in [-0.39, 0.29) is 5.75 Å². The highest BCUT2D eigenvalue weighted by atomic mass is 16.3. The molecule has 0 radical (unpaired) electrons. The fraction of sp³-hybridized carbons (Fsp3) is 0.107. The second kappa shape index (κ2) is 8.88. The largest absolute Gasteiger partial charge is 0.507 e. The lowest BCUT2D eigenvalue weighted by Gasteiger charge is -2.14. The average Bonchev–Trinajstić information content (AvgIpc) is 3.23. The summed E-state index contributed by atoms with van der Waals surface area (Å²) in [6.07, 6.45) is 3.60. The van der Waals surface area contributed by atoms with E-state index in [0.717, 1.165) is 38.4 Å². The molecule has 0 bridgehead atoms. The third-order valence-corrected chi connectivity index (χ3v) is 5.36. The molecule has 31 heavy (non-hydrogen) atoms. The number of phenolic OH excluding ortho intramolecular Hbond substituents is 1. The average molecular weight is 407 g/mol. The molecule has 0 aliphatic rings. The van der Waals surface area contributed by atoms with Crippen molar-refractivity contribution in [3.05, 3.63) is 102 Å². The van der Waals surface area contributed by atoms with Crippen molar-refractivity contribution in [3.8, 4) is 16.9 Å². The Bertz CT molecular complexity index is 1320. The molecule has 3 nitrogen and oxygen atoms in total. The topological polar surface area (TPSA) is 37.5 Å². The Hall–Kier alpha value is -3.85. The predicted molar refractivity (Wildman–Crippen MR) is 132 cm³/mol. The minimum Gasteiger partial charge on any atom is -0.507 e. The van der Waals surface area contributed by atoms with Gasteiger partial charge in [0.05, 0.1) is 6.21 Å². The van der Waals surface area contributed by atoms with E-state index in [1.165, 1.54) is 0 Å². The number of aromatic nitrogens is 1. The molecule has 4 aromatic carbocycles. The summed E-state index contributed by atoms with van der Waals surface area (Å²) in [4.78, 5) is 0. The van der Waals surface area contributed by atoms with Crippen LogP contribution in [0.25, 0.3) is 32.7 Å². The van der Waals surface area contributed by atoms with Crippen molar-refractivity contribution in [2.45, 2.75) is 20.8 Å². The van der Waals surface area contributed by atoms with Gasteiger partial charge in [0, 0.05) is 28.6 Å². The van der Waals surface area contributed by atoms with Gasteiger partial charge in [-0.25, -0.2) is 4.68 Å². The van der Waals surface area contributed by atoms with Gasteiger partial charge in [-0.05, 0) is 52.7 Å². The molecule has 1 N–H and O–H groups in total. The van der Waals surface area contributed by atoms with E-state index < -0.39 is 0 Å². The van der Waals surface area contributed by atoms with Gasteiger partial charge >= 0.3 is 0 Å². The molecule has 1 aromatic heterocycles. The van der Waals surface area contributed by atoms with Gasteiger partial charge in [0.2, 0.25) is 0 Å². The lowest BCUT2D eigenvalue weighted by molar-refractivity contribution is 0.476. The molecule has 0 unspecified atom stereocenters. The summed E-state index contributed by atoms with van der Waals surface area (Å²) in [5.41, 5.74) is 3.58. The van der Waals surface area contributed by atoms with Gasteiger partial charge in [0.25, 0.3) is 0 Å². The Balaban J connectivity index is 0.00000112. The molecule has 3 heteroatoms. The first-order chi connectivity index (χ1) is 15.2. The number of rotatable bonds is 3. The van der Waals surface area contributed by atoms with Crippen LogP contribution in [-0.4, -0.2) is 16.0 Å². The Morgan fingerprint density at radius 2 is 1.42 bits per heavy atom. The van der Waals surface area contributed by atoms with Crippen molar-refractivity contribution in [2.75, 3.05) is 0 Å². The minimum atomic E-state index is 0.238. The zero-order valence-electron chi connectivity index (χ0n) is 18.1. The Labute approximate surface area is 182 Å². The second-order valence-electron chi connectivity index (χ2n) is 7.18. The van der Waals surface area contributed by atoms with Crippen molar-refractivity contribution >= 4 is 27.8 Å². The molecular formula is C28H26N2O. The number of hydrogen-bond acceptors (Lipinski definition) is 2. The molecule has 0 fully saturated rings. The maximum Gasteiger partial charge on any atom is 0.132 e. The van der Waals surface area contributed by atoms with Crippen LogP contribution in [0.1, 0.15) is 25.1 Å². The van der Waals surface area contributed by atoms with Crippen LogP contribution in [0.3, 0.4) is 0 Å². The van der Waals surface area contributed by atoms with E-state index in [4.69, 9.17) is 0 Å². The summed E-state index contributed by atoms with van der Waals surface area (Å²) < 4.78 is 1.79. The van der Waals surface area contributed by atoms with Gasteiger partial charge in [0.15, 0.2) is 0 Å². The molecule has 0 atom stereocenters. The molecule has 5 aromatic rings. The lowest BCUT2D eigenvalue weighted by Crippen LogP contribution is -1.93. The Morgan fingerprint density at radius 3 is 2.03 bits per heavy atom. The lowest BCUT2D eigenvalue weighted by atomic mass is 9.91. The van der Waals surface area contributed by atoms with Crippen molar-refractivity contribution in [3.63, 3.8) is 0 Å². The van der Waals surface area contributed by atoms with Gasteiger partial charge < -0.3 is 5.11 Å². The predicted octanol–water partition coefficient (Wildman–Crippen LogP) is 7.38. The number of para-hydroxylation sites is 1. The summed E-state index contributed by atoms with van der Waals surface area (Å²) in [6, 6.07) is 28.6. The van der Waals surface area contributed by atoms with E-state index >= 15 is 0 Å². The number of benzene rings is 4. The van der Waals surface area contributed by atoms with Gasteiger partial charge in [-0.2, -0.15) is 5.10 Å². The third-order valence-electron chi connectivity index (χ3n) is 5.36. The van der Waals surface area contributed by atoms with E-state index in [9.17, 15) is 5.11 Å². The van der Waals surface area contributed by atoms with Gasteiger partial charge in [-0.3, -0.25) is 0 Å². The summed E-state index contributed by atoms with van der Waals surface area (Å²) in [7, 11) is 0. The van der Waals surface area contributed by atoms with Crippen LogP contribution in [-0.2, 0) is 0 Å². The zero-order chi connectivity index (χ0) is 21.8. The van der Waals surface area contributed by atoms with E-state index in [1.54, 1.807) is 10.9 Å². The highest BCUT2D eigenvalue weighted by molar-refractivity contribution is 6.14. The fourth-order valence-corrected chi connectivity index (χ4v) is 3.88. The molecule has 0 saturated carbocycles. The molecule has 0 aliphatic carbocycles. The quantitative estimate of drug-likeness (QED) is 0.246. The first kappa shape index (κ1) is 20.4. The molecule has 5 rings (SSSR count). The van der Waals surface area contributed by atoms with E-state index in [1.807, 2.05) is 81.6 Å². The highest BCUT2D eigenvalue weighted by Crippen LogP contribution is 2.41. The Kier molecular flexibility index (Phi) is 5.85. The molecule has 1 heterocycles. The van der Waals surface area contributed by atoms with Crippen molar-refractivity contribution in [1.29, 1.82) is 0 Å². The fourth-order valence-electron chi connectivity index (χ4n) is 3.88. The number of aromatic hydroxyl groups is 1. The first-order valence-electron chi connectivity index (χ1n) is 10.6. The summed E-state index contributed by atoms with van der Waals surface area (Å²) in [5, 5.41) is 20.2. The van der Waals surface area contributed by atoms with Crippen molar-refractivity contribution in [2.24, 2.45) is 5.10 Å². The van der Waals surface area contributed by atoms with Crippen molar-refractivity contribution < 1.29 is 5.11 Å². The summed E-state index contributed by atoms with van der Waals surface area (Å²) in [6.45, 7) is 6.00. The van der Waals surface area contributed by atoms with Crippen LogP contribution >= 0.6 is 0 Å². The smallest absolute Gasteiger partial charge is 0.132 e. The highest BCUT2D eigenvalue weighted by Gasteiger charge is 2.14. The molecule has 0 saturated heterocycles. The van der Waals surface area contributed by atoms with E-state index in [2.05, 4.69) is 35.4 Å². The second-order valence-corrected chi connectivity index (χ2v) is 7.18. The van der Waals surface area contributed by atoms with Crippen LogP contribution in [0, 0.1) is 6.92 Å². The summed E-state index contributed by atoms with van der Waals surface area (Å²) >= 11 is 0. The normalized spacial score (nSPS) is 11.1. The number of nitrogens with zero attached hydrogens (tertiary/aromatic N) is 2. The molecule has 154 valence electrons. The first-order valence-corrected chi connectivity index (χ1v) is 10.6. The maximum absolute atomic E-state index is 11.2. The molecule has 0 aliphatic heterocycles. The molecule has 0 amide bonds. The third kappa shape index (κ3) is 3.82. The number of phenols is 1. The number of aryl methyl sites for hydroxylation is 1. The van der Waals surface area contributed by atoms with Crippen LogP contribution in [0.4, 0.5) is 0 Å². The number of fused-ring (bicyclic) bond motifs is 2. The molecular weight excluding hydrogens is 380 g/mol.